The largest absolute Gasteiger partial charge is 0.508 e. The molecule has 4 nitrogen and oxygen atoms in total. The average molecular weight is 262 g/mol. The third kappa shape index (κ3) is 2.69. The number of likely N-dealkylation sites (N-methyl/N-ethyl adjacent to an activating group) is 1. The standard InChI is InChI=1S/C15H22N2O2/c1-10(17(2)11-3-4-11)8-16-14-9-19-15-7-12(18)5-6-13(14)15/h5-7,10-11,14,16,18H,3-4,8-9H2,1-2H3. The molecule has 1 aromatic rings. The minimum absolute atomic E-state index is 0.241. The van der Waals surface area contributed by atoms with Crippen LogP contribution in [0.15, 0.2) is 18.2 Å². The fourth-order valence-electron chi connectivity index (χ4n) is 2.67. The van der Waals surface area contributed by atoms with Gasteiger partial charge in [-0.3, -0.25) is 4.90 Å². The fourth-order valence-corrected chi connectivity index (χ4v) is 2.67. The predicted molar refractivity (Wildman–Crippen MR) is 74.6 cm³/mol. The summed E-state index contributed by atoms with van der Waals surface area (Å²) >= 11 is 0. The van der Waals surface area contributed by atoms with Crippen LogP contribution in [0.4, 0.5) is 0 Å². The molecule has 0 radical (unpaired) electrons. The van der Waals surface area contributed by atoms with Gasteiger partial charge in [0, 0.05) is 30.3 Å². The molecule has 2 N–H and O–H groups in total. The van der Waals surface area contributed by atoms with Crippen LogP contribution < -0.4 is 10.1 Å². The van der Waals surface area contributed by atoms with E-state index in [9.17, 15) is 5.11 Å². The Morgan fingerprint density at radius 2 is 2.26 bits per heavy atom. The van der Waals surface area contributed by atoms with E-state index in [-0.39, 0.29) is 11.8 Å². The maximum absolute atomic E-state index is 9.43. The summed E-state index contributed by atoms with van der Waals surface area (Å²) in [6.45, 7) is 3.87. The highest BCUT2D eigenvalue weighted by molar-refractivity contribution is 5.44. The lowest BCUT2D eigenvalue weighted by Gasteiger charge is -2.26. The summed E-state index contributed by atoms with van der Waals surface area (Å²) in [5.41, 5.74) is 1.15. The maximum Gasteiger partial charge on any atom is 0.127 e. The smallest absolute Gasteiger partial charge is 0.127 e. The fraction of sp³-hybridized carbons (Fsp3) is 0.600. The molecule has 1 heterocycles. The van der Waals surface area contributed by atoms with Crippen molar-refractivity contribution in [1.82, 2.24) is 10.2 Å². The Balaban J connectivity index is 1.57. The van der Waals surface area contributed by atoms with Crippen LogP contribution in [0, 0.1) is 0 Å². The molecule has 4 heteroatoms. The molecule has 0 spiro atoms. The van der Waals surface area contributed by atoms with Crippen molar-refractivity contribution >= 4 is 0 Å². The van der Waals surface area contributed by atoms with Gasteiger partial charge in [-0.15, -0.1) is 0 Å². The van der Waals surface area contributed by atoms with E-state index in [1.807, 2.05) is 6.07 Å². The second kappa shape index (κ2) is 5.02. The number of fused-ring (bicyclic) bond motifs is 1. The lowest BCUT2D eigenvalue weighted by Crippen LogP contribution is -2.40. The van der Waals surface area contributed by atoms with Gasteiger partial charge in [0.2, 0.25) is 0 Å². The SMILES string of the molecule is CC(CNC1COc2cc(O)ccc21)N(C)C1CC1. The average Bonchev–Trinajstić information content (AvgIpc) is 3.17. The molecule has 2 aliphatic rings. The lowest BCUT2D eigenvalue weighted by atomic mass is 10.1. The number of benzene rings is 1. The first-order valence-corrected chi connectivity index (χ1v) is 7.06. The predicted octanol–water partition coefficient (Wildman–Crippen LogP) is 1.90. The Hall–Kier alpha value is -1.26. The van der Waals surface area contributed by atoms with Crippen LogP contribution >= 0.6 is 0 Å². The number of rotatable bonds is 5. The van der Waals surface area contributed by atoms with E-state index < -0.39 is 0 Å². The summed E-state index contributed by atoms with van der Waals surface area (Å²) in [7, 11) is 2.21. The lowest BCUT2D eigenvalue weighted by molar-refractivity contribution is 0.228. The van der Waals surface area contributed by atoms with Gasteiger partial charge in [-0.2, -0.15) is 0 Å². The van der Waals surface area contributed by atoms with Crippen molar-refractivity contribution in [3.63, 3.8) is 0 Å². The van der Waals surface area contributed by atoms with Gasteiger partial charge in [-0.25, -0.2) is 0 Å². The molecule has 1 fully saturated rings. The molecular weight excluding hydrogens is 240 g/mol. The van der Waals surface area contributed by atoms with Gasteiger partial charge in [-0.1, -0.05) is 0 Å². The monoisotopic (exact) mass is 262 g/mol. The Labute approximate surface area is 114 Å². The Kier molecular flexibility index (Phi) is 3.37. The summed E-state index contributed by atoms with van der Waals surface area (Å²) in [6.07, 6.45) is 2.69. The van der Waals surface area contributed by atoms with Crippen LogP contribution in [0.25, 0.3) is 0 Å². The van der Waals surface area contributed by atoms with Crippen LogP contribution in [0.2, 0.25) is 0 Å². The number of phenolic OH excluding ortho intramolecular Hbond substituents is 1. The molecule has 2 atom stereocenters. The molecule has 0 bridgehead atoms. The minimum Gasteiger partial charge on any atom is -0.508 e. The quantitative estimate of drug-likeness (QED) is 0.850. The molecule has 2 unspecified atom stereocenters. The van der Waals surface area contributed by atoms with Gasteiger partial charge in [0.15, 0.2) is 0 Å². The van der Waals surface area contributed by atoms with Crippen molar-refractivity contribution in [3.8, 4) is 11.5 Å². The number of hydrogen-bond donors (Lipinski definition) is 2. The summed E-state index contributed by atoms with van der Waals surface area (Å²) in [5, 5.41) is 13.0. The summed E-state index contributed by atoms with van der Waals surface area (Å²) in [5.74, 6) is 1.07. The Morgan fingerprint density at radius 1 is 1.47 bits per heavy atom. The number of nitrogens with zero attached hydrogens (tertiary/aromatic N) is 1. The van der Waals surface area contributed by atoms with E-state index in [0.717, 1.165) is 23.9 Å². The zero-order valence-corrected chi connectivity index (χ0v) is 11.6. The van der Waals surface area contributed by atoms with Gasteiger partial charge in [0.25, 0.3) is 0 Å². The molecule has 0 amide bonds. The van der Waals surface area contributed by atoms with E-state index in [0.29, 0.717) is 12.6 Å². The number of nitrogens with one attached hydrogen (secondary N) is 1. The first-order chi connectivity index (χ1) is 9.15. The molecule has 1 saturated carbocycles. The zero-order chi connectivity index (χ0) is 13.4. The first-order valence-electron chi connectivity index (χ1n) is 7.06. The van der Waals surface area contributed by atoms with Crippen LogP contribution in [-0.2, 0) is 0 Å². The van der Waals surface area contributed by atoms with Gasteiger partial charge >= 0.3 is 0 Å². The van der Waals surface area contributed by atoms with E-state index in [1.165, 1.54) is 12.8 Å². The van der Waals surface area contributed by atoms with Gasteiger partial charge < -0.3 is 15.2 Å². The van der Waals surface area contributed by atoms with Crippen molar-refractivity contribution in [2.75, 3.05) is 20.2 Å². The van der Waals surface area contributed by atoms with Crippen molar-refractivity contribution in [2.24, 2.45) is 0 Å². The van der Waals surface area contributed by atoms with E-state index in [2.05, 4.69) is 24.2 Å². The van der Waals surface area contributed by atoms with Crippen molar-refractivity contribution < 1.29 is 9.84 Å². The first kappa shape index (κ1) is 12.8. The molecule has 104 valence electrons. The van der Waals surface area contributed by atoms with Gasteiger partial charge in [-0.05, 0) is 38.9 Å². The van der Waals surface area contributed by atoms with E-state index in [1.54, 1.807) is 12.1 Å². The van der Waals surface area contributed by atoms with Gasteiger partial charge in [0.05, 0.1) is 6.04 Å². The Morgan fingerprint density at radius 3 is 3.00 bits per heavy atom. The summed E-state index contributed by atoms with van der Waals surface area (Å²) in [6, 6.07) is 6.93. The van der Waals surface area contributed by atoms with Crippen LogP contribution in [0.3, 0.4) is 0 Å². The number of hydrogen-bond acceptors (Lipinski definition) is 4. The molecule has 1 aromatic carbocycles. The normalized spacial score (nSPS) is 23.2. The molecule has 19 heavy (non-hydrogen) atoms. The van der Waals surface area contributed by atoms with E-state index >= 15 is 0 Å². The minimum atomic E-state index is 0.241. The molecule has 1 aliphatic heterocycles. The number of ether oxygens (including phenoxy) is 1. The highest BCUT2D eigenvalue weighted by Gasteiger charge is 2.30. The summed E-state index contributed by atoms with van der Waals surface area (Å²) in [4.78, 5) is 2.46. The topological polar surface area (TPSA) is 44.7 Å². The second-order valence-corrected chi connectivity index (χ2v) is 5.74. The van der Waals surface area contributed by atoms with Crippen LogP contribution in [0.5, 0.6) is 11.5 Å². The number of phenols is 1. The third-order valence-corrected chi connectivity index (χ3v) is 4.26. The molecule has 3 rings (SSSR count). The molecule has 0 saturated heterocycles. The molecular formula is C15H22N2O2. The van der Waals surface area contributed by atoms with Gasteiger partial charge in [0.1, 0.15) is 18.1 Å². The van der Waals surface area contributed by atoms with Crippen molar-refractivity contribution in [1.29, 1.82) is 0 Å². The zero-order valence-electron chi connectivity index (χ0n) is 11.6. The maximum atomic E-state index is 9.43. The molecule has 1 aliphatic carbocycles. The van der Waals surface area contributed by atoms with Crippen molar-refractivity contribution in [3.05, 3.63) is 23.8 Å². The Bertz CT molecular complexity index is 459. The highest BCUT2D eigenvalue weighted by atomic mass is 16.5. The van der Waals surface area contributed by atoms with Crippen LogP contribution in [-0.4, -0.2) is 42.3 Å². The second-order valence-electron chi connectivity index (χ2n) is 5.74. The summed E-state index contributed by atoms with van der Waals surface area (Å²) < 4.78 is 5.61. The third-order valence-electron chi connectivity index (χ3n) is 4.26. The highest BCUT2D eigenvalue weighted by Crippen LogP contribution is 2.35. The van der Waals surface area contributed by atoms with Crippen molar-refractivity contribution in [2.45, 2.75) is 37.9 Å². The number of aromatic hydroxyl groups is 1. The molecule has 0 aromatic heterocycles. The van der Waals surface area contributed by atoms with Crippen LogP contribution in [0.1, 0.15) is 31.4 Å². The van der Waals surface area contributed by atoms with E-state index in [4.69, 9.17) is 4.74 Å².